The minimum absolute atomic E-state index is 0.0355. The van der Waals surface area contributed by atoms with Crippen LogP contribution in [0.25, 0.3) is 5.69 Å². The van der Waals surface area contributed by atoms with Gasteiger partial charge in [0.05, 0.1) is 11.4 Å². The van der Waals surface area contributed by atoms with Gasteiger partial charge in [-0.3, -0.25) is 0 Å². The molecule has 0 bridgehead atoms. The highest BCUT2D eigenvalue weighted by atomic mass is 35.5. The van der Waals surface area contributed by atoms with E-state index in [4.69, 9.17) is 16.7 Å². The van der Waals surface area contributed by atoms with E-state index in [0.717, 1.165) is 29.5 Å². The van der Waals surface area contributed by atoms with E-state index in [0.29, 0.717) is 0 Å². The fourth-order valence-electron chi connectivity index (χ4n) is 3.09. The molecule has 1 N–H and O–H groups in total. The Kier molecular flexibility index (Phi) is 3.94. The fraction of sp³-hybridized carbons (Fsp3) is 0.500. The van der Waals surface area contributed by atoms with Crippen molar-refractivity contribution in [2.45, 2.75) is 52.4 Å². The number of anilines is 1. The topological polar surface area (TPSA) is 29.9 Å². The van der Waals surface area contributed by atoms with Crippen molar-refractivity contribution in [2.24, 2.45) is 0 Å². The lowest BCUT2D eigenvalue weighted by Crippen LogP contribution is -2.15. The van der Waals surface area contributed by atoms with Crippen LogP contribution >= 0.6 is 11.6 Å². The van der Waals surface area contributed by atoms with Crippen LogP contribution in [-0.4, -0.2) is 16.3 Å². The molecule has 0 atom stereocenters. The number of benzene rings is 1. The lowest BCUT2D eigenvalue weighted by Gasteiger charge is -2.17. The molecule has 2 heterocycles. The zero-order valence-corrected chi connectivity index (χ0v) is 14.6. The van der Waals surface area contributed by atoms with E-state index in [-0.39, 0.29) is 5.41 Å². The molecule has 3 nitrogen and oxygen atoms in total. The van der Waals surface area contributed by atoms with Crippen molar-refractivity contribution in [3.05, 3.63) is 40.0 Å². The molecule has 0 saturated carbocycles. The molecule has 0 spiro atoms. The average molecular weight is 318 g/mol. The zero-order valence-electron chi connectivity index (χ0n) is 13.8. The van der Waals surface area contributed by atoms with Crippen LogP contribution in [0.15, 0.2) is 18.2 Å². The number of aromatic nitrogens is 2. The summed E-state index contributed by atoms with van der Waals surface area (Å²) in [5.74, 6) is 1.15. The molecule has 1 aliphatic heterocycles. The summed E-state index contributed by atoms with van der Waals surface area (Å²) in [5, 5.41) is 9.31. The molecule has 118 valence electrons. The van der Waals surface area contributed by atoms with Crippen molar-refractivity contribution in [3.8, 4) is 5.69 Å². The van der Waals surface area contributed by atoms with Gasteiger partial charge in [0.1, 0.15) is 5.82 Å². The second-order valence-corrected chi connectivity index (χ2v) is 7.59. The summed E-state index contributed by atoms with van der Waals surface area (Å²) in [6, 6.07) is 5.99. The van der Waals surface area contributed by atoms with Crippen LogP contribution in [-0.2, 0) is 11.8 Å². The molecule has 0 saturated heterocycles. The largest absolute Gasteiger partial charge is 0.370 e. The maximum absolute atomic E-state index is 6.22. The minimum atomic E-state index is 0.0355. The Labute approximate surface area is 137 Å². The molecule has 3 rings (SSSR count). The third-order valence-corrected chi connectivity index (χ3v) is 4.47. The lowest BCUT2D eigenvalue weighted by molar-refractivity contribution is 0.552. The van der Waals surface area contributed by atoms with Crippen molar-refractivity contribution in [1.29, 1.82) is 0 Å². The van der Waals surface area contributed by atoms with Crippen LogP contribution < -0.4 is 5.32 Å². The van der Waals surface area contributed by atoms with Gasteiger partial charge in [-0.25, -0.2) is 4.68 Å². The maximum Gasteiger partial charge on any atom is 0.133 e. The number of hydrogen-bond donors (Lipinski definition) is 1. The predicted molar refractivity (Wildman–Crippen MR) is 93.4 cm³/mol. The first-order chi connectivity index (χ1) is 10.4. The number of aryl methyl sites for hydroxylation is 1. The van der Waals surface area contributed by atoms with Gasteiger partial charge in [0.2, 0.25) is 0 Å². The molecule has 0 unspecified atom stereocenters. The van der Waals surface area contributed by atoms with Gasteiger partial charge in [0, 0.05) is 22.5 Å². The van der Waals surface area contributed by atoms with Crippen molar-refractivity contribution in [2.75, 3.05) is 11.9 Å². The first-order valence-corrected chi connectivity index (χ1v) is 8.38. The Hall–Kier alpha value is -1.48. The van der Waals surface area contributed by atoms with E-state index in [2.05, 4.69) is 43.8 Å². The highest BCUT2D eigenvalue weighted by Gasteiger charge is 2.28. The first-order valence-electron chi connectivity index (χ1n) is 8.00. The Balaban J connectivity index is 2.24. The molecule has 0 amide bonds. The summed E-state index contributed by atoms with van der Waals surface area (Å²) in [4.78, 5) is 0. The third kappa shape index (κ3) is 2.74. The molecule has 4 heteroatoms. The zero-order chi connectivity index (χ0) is 15.9. The fourth-order valence-corrected chi connectivity index (χ4v) is 3.26. The first kappa shape index (κ1) is 15.4. The number of rotatable bonds is 1. The molecule has 0 aliphatic carbocycles. The lowest BCUT2D eigenvalue weighted by atomic mass is 9.88. The van der Waals surface area contributed by atoms with E-state index in [9.17, 15) is 0 Å². The quantitative estimate of drug-likeness (QED) is 0.812. The smallest absolute Gasteiger partial charge is 0.133 e. The Bertz CT molecular complexity index is 695. The number of fused-ring (bicyclic) bond motifs is 1. The van der Waals surface area contributed by atoms with Crippen LogP contribution in [0.4, 0.5) is 5.82 Å². The van der Waals surface area contributed by atoms with E-state index in [1.807, 2.05) is 12.1 Å². The Morgan fingerprint density at radius 3 is 2.73 bits per heavy atom. The van der Waals surface area contributed by atoms with Crippen LogP contribution in [0, 0.1) is 6.92 Å². The summed E-state index contributed by atoms with van der Waals surface area (Å²) < 4.78 is 2.06. The number of nitrogens with one attached hydrogen (secondary N) is 1. The van der Waals surface area contributed by atoms with Gasteiger partial charge in [-0.2, -0.15) is 5.10 Å². The molecule has 1 aromatic heterocycles. The standard InChI is InChI=1S/C18H24ClN3/c1-12-8-9-13(19)11-15(12)22-17-14(7-5-6-10-20-17)16(21-22)18(2,3)4/h8-9,11,20H,5-7,10H2,1-4H3. The van der Waals surface area contributed by atoms with Crippen LogP contribution in [0.2, 0.25) is 5.02 Å². The van der Waals surface area contributed by atoms with E-state index in [1.165, 1.54) is 29.7 Å². The van der Waals surface area contributed by atoms with E-state index >= 15 is 0 Å². The normalized spacial score (nSPS) is 15.1. The Morgan fingerprint density at radius 2 is 2.00 bits per heavy atom. The van der Waals surface area contributed by atoms with Gasteiger partial charge in [0.25, 0.3) is 0 Å². The van der Waals surface area contributed by atoms with Crippen molar-refractivity contribution in [3.63, 3.8) is 0 Å². The van der Waals surface area contributed by atoms with Crippen LogP contribution in [0.1, 0.15) is 50.4 Å². The Morgan fingerprint density at radius 1 is 1.23 bits per heavy atom. The van der Waals surface area contributed by atoms with Crippen molar-refractivity contribution < 1.29 is 0 Å². The summed E-state index contributed by atoms with van der Waals surface area (Å²) in [6.45, 7) is 9.80. The summed E-state index contributed by atoms with van der Waals surface area (Å²) in [6.07, 6.45) is 3.50. The van der Waals surface area contributed by atoms with Crippen LogP contribution in [0.5, 0.6) is 0 Å². The average Bonchev–Trinajstić information content (AvgIpc) is 2.64. The monoisotopic (exact) mass is 317 g/mol. The molecule has 1 aliphatic rings. The van der Waals surface area contributed by atoms with Gasteiger partial charge in [-0.1, -0.05) is 38.4 Å². The minimum Gasteiger partial charge on any atom is -0.370 e. The molecule has 0 radical (unpaired) electrons. The SMILES string of the molecule is Cc1ccc(Cl)cc1-n1nc(C(C)(C)C)c2c1NCCCC2. The molecule has 0 fully saturated rings. The van der Waals surface area contributed by atoms with Gasteiger partial charge < -0.3 is 5.32 Å². The molecular formula is C18H24ClN3. The molecule has 22 heavy (non-hydrogen) atoms. The number of nitrogens with zero attached hydrogens (tertiary/aromatic N) is 2. The summed E-state index contributed by atoms with van der Waals surface area (Å²) in [7, 11) is 0. The van der Waals surface area contributed by atoms with Gasteiger partial charge >= 0.3 is 0 Å². The predicted octanol–water partition coefficient (Wildman–Crippen LogP) is 4.88. The second-order valence-electron chi connectivity index (χ2n) is 7.15. The number of halogens is 1. The summed E-state index contributed by atoms with van der Waals surface area (Å²) >= 11 is 6.22. The molecular weight excluding hydrogens is 294 g/mol. The molecule has 2 aromatic rings. The van der Waals surface area contributed by atoms with Crippen molar-refractivity contribution in [1.82, 2.24) is 9.78 Å². The van der Waals surface area contributed by atoms with E-state index < -0.39 is 0 Å². The highest BCUT2D eigenvalue weighted by molar-refractivity contribution is 6.30. The van der Waals surface area contributed by atoms with Crippen molar-refractivity contribution >= 4 is 17.4 Å². The van der Waals surface area contributed by atoms with E-state index in [1.54, 1.807) is 0 Å². The van der Waals surface area contributed by atoms with Crippen LogP contribution in [0.3, 0.4) is 0 Å². The third-order valence-electron chi connectivity index (χ3n) is 4.24. The molecule has 1 aromatic carbocycles. The van der Waals surface area contributed by atoms with Gasteiger partial charge in [-0.15, -0.1) is 0 Å². The second kappa shape index (κ2) is 5.62. The van der Waals surface area contributed by atoms with Gasteiger partial charge in [-0.05, 0) is 43.9 Å². The maximum atomic E-state index is 6.22. The van der Waals surface area contributed by atoms with Gasteiger partial charge in [0.15, 0.2) is 0 Å². The summed E-state index contributed by atoms with van der Waals surface area (Å²) in [5.41, 5.74) is 4.84. The highest BCUT2D eigenvalue weighted by Crippen LogP contribution is 2.35. The number of hydrogen-bond acceptors (Lipinski definition) is 2.